The highest BCUT2D eigenvalue weighted by atomic mass is 32.1. The monoisotopic (exact) mass is 558 g/mol. The van der Waals surface area contributed by atoms with Gasteiger partial charge in [-0.15, -0.1) is 12.6 Å². The topological polar surface area (TPSA) is 102 Å². The Bertz CT molecular complexity index is 753. The molecule has 0 radical (unpaired) electrons. The smallest absolute Gasteiger partial charge is 0.353 e. The third-order valence-electron chi connectivity index (χ3n) is 6.25. The molecule has 1 aromatic rings. The predicted molar refractivity (Wildman–Crippen MR) is 151 cm³/mol. The first kappa shape index (κ1) is 33.8. The Morgan fingerprint density at radius 3 is 2.16 bits per heavy atom. The summed E-state index contributed by atoms with van der Waals surface area (Å²) < 4.78 is 29.9. The number of aliphatic hydroxyl groups is 1. The summed E-state index contributed by atoms with van der Waals surface area (Å²) in [6.07, 6.45) is 8.96. The second-order valence-corrected chi connectivity index (χ2v) is 11.3. The molecular formula is C28H47O7PS. The van der Waals surface area contributed by atoms with Crippen molar-refractivity contribution in [2.75, 3.05) is 6.61 Å². The van der Waals surface area contributed by atoms with Crippen molar-refractivity contribution in [2.24, 2.45) is 0 Å². The summed E-state index contributed by atoms with van der Waals surface area (Å²) in [6.45, 7) is 6.21. The van der Waals surface area contributed by atoms with E-state index in [-0.39, 0.29) is 19.1 Å². The number of hydrogen-bond acceptors (Lipinski definition) is 7. The molecule has 0 bridgehead atoms. The van der Waals surface area contributed by atoms with E-state index in [9.17, 15) is 19.6 Å². The minimum absolute atomic E-state index is 0.0999. The minimum atomic E-state index is -2.50. The van der Waals surface area contributed by atoms with Crippen LogP contribution in [0.25, 0.3) is 0 Å². The average molecular weight is 559 g/mol. The first-order valence-corrected chi connectivity index (χ1v) is 15.0. The molecule has 0 aliphatic rings. The molecule has 0 saturated carbocycles. The van der Waals surface area contributed by atoms with Crippen LogP contribution in [0.15, 0.2) is 30.3 Å². The fourth-order valence-electron chi connectivity index (χ4n) is 4.18. The fourth-order valence-corrected chi connectivity index (χ4v) is 5.22. The summed E-state index contributed by atoms with van der Waals surface area (Å²) in [5.74, 6) is -0.861. The van der Waals surface area contributed by atoms with Crippen molar-refractivity contribution in [3.8, 4) is 5.75 Å². The maximum Gasteiger partial charge on any atom is 0.353 e. The van der Waals surface area contributed by atoms with E-state index in [1.165, 1.54) is 6.42 Å². The molecular weight excluding hydrogens is 511 g/mol. The first-order valence-electron chi connectivity index (χ1n) is 13.8. The van der Waals surface area contributed by atoms with Crippen molar-refractivity contribution < 1.29 is 33.8 Å². The van der Waals surface area contributed by atoms with Gasteiger partial charge in [0.1, 0.15) is 16.8 Å². The lowest BCUT2D eigenvalue weighted by Gasteiger charge is -2.39. The highest BCUT2D eigenvalue weighted by Crippen LogP contribution is 2.42. The number of hydrogen-bond donors (Lipinski definition) is 3. The number of benzene rings is 1. The number of carboxylic acids is 1. The van der Waals surface area contributed by atoms with E-state index < -0.39 is 31.0 Å². The molecule has 1 aromatic carbocycles. The minimum Gasteiger partial charge on any atom is -0.490 e. The van der Waals surface area contributed by atoms with Gasteiger partial charge < -0.3 is 24.4 Å². The van der Waals surface area contributed by atoms with Crippen LogP contribution in [0, 0.1) is 0 Å². The maximum atomic E-state index is 12.3. The van der Waals surface area contributed by atoms with E-state index in [0.29, 0.717) is 18.6 Å². The van der Waals surface area contributed by atoms with E-state index in [2.05, 4.69) is 13.8 Å². The predicted octanol–water partition coefficient (Wildman–Crippen LogP) is 7.62. The van der Waals surface area contributed by atoms with Crippen molar-refractivity contribution >= 4 is 27.1 Å². The van der Waals surface area contributed by atoms with Gasteiger partial charge in [0.15, 0.2) is 0 Å². The zero-order chi connectivity index (χ0) is 27.6. The number of rotatable bonds is 23. The number of unbranched alkanes of at least 4 members (excludes halogenated alkanes) is 7. The van der Waals surface area contributed by atoms with Crippen LogP contribution >= 0.6 is 21.1 Å². The number of ether oxygens (including phenoxy) is 3. The first-order chi connectivity index (χ1) is 17.8. The lowest BCUT2D eigenvalue weighted by atomic mass is 9.98. The zero-order valence-electron chi connectivity index (χ0n) is 22.8. The molecule has 37 heavy (non-hydrogen) atoms. The third-order valence-corrected chi connectivity index (χ3v) is 7.52. The summed E-state index contributed by atoms with van der Waals surface area (Å²) in [6, 6.07) is 9.48. The van der Waals surface area contributed by atoms with Crippen molar-refractivity contribution in [1.82, 2.24) is 0 Å². The van der Waals surface area contributed by atoms with Crippen molar-refractivity contribution in [1.29, 1.82) is 0 Å². The molecule has 0 heterocycles. The van der Waals surface area contributed by atoms with Gasteiger partial charge in [-0.2, -0.15) is 0 Å². The number of aliphatic carboxylic acids is 1. The van der Waals surface area contributed by atoms with E-state index in [4.69, 9.17) is 26.8 Å². The number of para-hydroxylation sites is 1. The fraction of sp³-hybridized carbons (Fsp3) is 0.750. The lowest BCUT2D eigenvalue weighted by molar-refractivity contribution is -0.228. The Hall–Kier alpha value is -1.18. The number of aliphatic hydroxyl groups excluding tert-OH is 1. The van der Waals surface area contributed by atoms with Gasteiger partial charge in [-0.05, 0) is 44.2 Å². The molecule has 9 heteroatoms. The van der Waals surface area contributed by atoms with Crippen molar-refractivity contribution in [3.63, 3.8) is 0 Å². The van der Waals surface area contributed by atoms with Gasteiger partial charge in [0.05, 0.1) is 0 Å². The van der Waals surface area contributed by atoms with Crippen LogP contribution in [0.2, 0.25) is 0 Å². The van der Waals surface area contributed by atoms with E-state index in [1.807, 2.05) is 37.3 Å². The van der Waals surface area contributed by atoms with Gasteiger partial charge in [0.2, 0.25) is 14.8 Å². The Balaban J connectivity index is 3.22. The van der Waals surface area contributed by atoms with Crippen LogP contribution in [0.4, 0.5) is 0 Å². The largest absolute Gasteiger partial charge is 0.490 e. The van der Waals surface area contributed by atoms with Crippen LogP contribution in [-0.4, -0.2) is 45.5 Å². The van der Waals surface area contributed by atoms with Crippen molar-refractivity contribution in [3.05, 3.63) is 30.3 Å². The second-order valence-electron chi connectivity index (χ2n) is 9.63. The van der Waals surface area contributed by atoms with Gasteiger partial charge in [-0.1, -0.05) is 83.9 Å². The standard InChI is InChI=1S/C28H47O7PS/c1-4-7-9-11-13-19-24(34-23-17-14-12-15-18-23)22-27(37,20-16-10-8-5-2)35-28(36-32,25(29)30)26(31)33-21-6-3/h12,14-15,17-18,24,26,31,37H,4-11,13,16,19-22H2,1-3H3,(H,29,30). The summed E-state index contributed by atoms with van der Waals surface area (Å²) in [5, 5.41) is 18.1. The van der Waals surface area contributed by atoms with E-state index in [0.717, 1.165) is 57.8 Å². The molecule has 4 atom stereocenters. The van der Waals surface area contributed by atoms with Crippen LogP contribution in [0.3, 0.4) is 0 Å². The summed E-state index contributed by atoms with van der Waals surface area (Å²) >= 11 is 4.86. The SMILES string of the molecule is CCCCCCCC(CC(S)(CCCCCC)OC(P=O)(C(=O)O)C(O)OCCC)Oc1ccccc1. The molecule has 0 spiro atoms. The molecule has 7 nitrogen and oxygen atoms in total. The molecule has 1 rings (SSSR count). The maximum absolute atomic E-state index is 12.3. The van der Waals surface area contributed by atoms with E-state index >= 15 is 0 Å². The number of carboxylic acid groups (broad SMARTS) is 1. The number of carbonyl (C=O) groups is 1. The summed E-state index contributed by atoms with van der Waals surface area (Å²) in [4.78, 5) is 11.0. The highest BCUT2D eigenvalue weighted by molar-refractivity contribution is 7.81. The molecule has 0 fully saturated rings. The molecule has 212 valence electrons. The zero-order valence-corrected chi connectivity index (χ0v) is 24.6. The second kappa shape index (κ2) is 19.0. The van der Waals surface area contributed by atoms with Crippen LogP contribution < -0.4 is 4.74 Å². The summed E-state index contributed by atoms with van der Waals surface area (Å²) in [5.41, 5.74) is 0. The van der Waals surface area contributed by atoms with Gasteiger partial charge >= 0.3 is 5.97 Å². The van der Waals surface area contributed by atoms with Gasteiger partial charge in [0, 0.05) is 13.0 Å². The lowest BCUT2D eigenvalue weighted by Crippen LogP contribution is -2.53. The van der Waals surface area contributed by atoms with Gasteiger partial charge in [0.25, 0.3) is 5.34 Å². The Kier molecular flexibility index (Phi) is 17.4. The average Bonchev–Trinajstić information content (AvgIpc) is 2.88. The normalized spacial score (nSPS) is 16.6. The summed E-state index contributed by atoms with van der Waals surface area (Å²) in [7, 11) is -0.910. The quantitative estimate of drug-likeness (QED) is 0.0550. The Morgan fingerprint density at radius 1 is 0.973 bits per heavy atom. The van der Waals surface area contributed by atoms with Crippen LogP contribution in [0.5, 0.6) is 5.75 Å². The molecule has 0 aliphatic carbocycles. The molecule has 2 N–H and O–H groups in total. The van der Waals surface area contributed by atoms with Crippen molar-refractivity contribution in [2.45, 2.75) is 127 Å². The molecule has 0 aromatic heterocycles. The number of thiol groups is 1. The van der Waals surface area contributed by atoms with Crippen LogP contribution in [0.1, 0.15) is 104 Å². The highest BCUT2D eigenvalue weighted by Gasteiger charge is 2.54. The van der Waals surface area contributed by atoms with Gasteiger partial charge in [-0.25, -0.2) is 4.79 Å². The third kappa shape index (κ3) is 12.5. The Labute approximate surface area is 230 Å². The molecule has 0 aliphatic heterocycles. The molecule has 0 saturated heterocycles. The Morgan fingerprint density at radius 2 is 1.59 bits per heavy atom. The van der Waals surface area contributed by atoms with E-state index in [1.54, 1.807) is 0 Å². The van der Waals surface area contributed by atoms with Crippen LogP contribution in [-0.2, 0) is 18.8 Å². The molecule has 4 unspecified atom stereocenters. The van der Waals surface area contributed by atoms with Gasteiger partial charge in [-0.3, -0.25) is 4.57 Å². The molecule has 0 amide bonds.